The number of ether oxygens (including phenoxy) is 1. The van der Waals surface area contributed by atoms with Gasteiger partial charge in [0.2, 0.25) is 10.0 Å². The SMILES string of the molecule is CS(=O)(=O)CS(=O)(=O)Nc1ccc(OCC(=N)N)cc1. The third-order valence-corrected chi connectivity index (χ3v) is 5.39. The first-order chi connectivity index (χ1) is 9.07. The molecule has 0 aromatic heterocycles. The molecule has 0 radical (unpaired) electrons. The lowest BCUT2D eigenvalue weighted by Gasteiger charge is -2.08. The van der Waals surface area contributed by atoms with Gasteiger partial charge in [0.15, 0.2) is 14.9 Å². The third-order valence-electron chi connectivity index (χ3n) is 1.89. The molecule has 1 aromatic rings. The van der Waals surface area contributed by atoms with Crippen LogP contribution in [0.1, 0.15) is 0 Å². The zero-order chi connectivity index (χ0) is 15.4. The number of sulfone groups is 1. The van der Waals surface area contributed by atoms with E-state index in [4.69, 9.17) is 15.9 Å². The molecule has 0 unspecified atom stereocenters. The number of hydrogen-bond donors (Lipinski definition) is 3. The number of rotatable bonds is 7. The van der Waals surface area contributed by atoms with E-state index in [0.717, 1.165) is 6.26 Å². The zero-order valence-corrected chi connectivity index (χ0v) is 12.3. The van der Waals surface area contributed by atoms with Crippen LogP contribution in [0.2, 0.25) is 0 Å². The molecule has 0 saturated carbocycles. The van der Waals surface area contributed by atoms with E-state index in [1.54, 1.807) is 0 Å². The van der Waals surface area contributed by atoms with Crippen LogP contribution in [0.25, 0.3) is 0 Å². The summed E-state index contributed by atoms with van der Waals surface area (Å²) in [6.45, 7) is -0.0703. The Morgan fingerprint density at radius 3 is 2.25 bits per heavy atom. The number of nitrogens with two attached hydrogens (primary N) is 1. The van der Waals surface area contributed by atoms with Crippen molar-refractivity contribution < 1.29 is 21.6 Å². The van der Waals surface area contributed by atoms with Crippen molar-refractivity contribution in [2.45, 2.75) is 0 Å². The Hall–Kier alpha value is -1.81. The van der Waals surface area contributed by atoms with Crippen molar-refractivity contribution in [3.63, 3.8) is 0 Å². The van der Waals surface area contributed by atoms with Gasteiger partial charge in [0.1, 0.15) is 18.2 Å². The quantitative estimate of drug-likeness (QED) is 0.467. The molecule has 10 heteroatoms. The molecule has 0 bridgehead atoms. The Balaban J connectivity index is 2.72. The first kappa shape index (κ1) is 16.2. The van der Waals surface area contributed by atoms with Crippen molar-refractivity contribution in [3.8, 4) is 5.75 Å². The molecule has 1 aromatic carbocycles. The summed E-state index contributed by atoms with van der Waals surface area (Å²) in [5.41, 5.74) is 5.33. The van der Waals surface area contributed by atoms with Gasteiger partial charge in [-0.25, -0.2) is 16.8 Å². The van der Waals surface area contributed by atoms with Crippen molar-refractivity contribution in [2.75, 3.05) is 22.7 Å². The number of anilines is 1. The Labute approximate surface area is 117 Å². The number of hydrogen-bond acceptors (Lipinski definition) is 6. The van der Waals surface area contributed by atoms with Crippen LogP contribution in [0.15, 0.2) is 24.3 Å². The van der Waals surface area contributed by atoms with Gasteiger partial charge in [-0.05, 0) is 24.3 Å². The van der Waals surface area contributed by atoms with E-state index in [-0.39, 0.29) is 18.1 Å². The summed E-state index contributed by atoms with van der Waals surface area (Å²) in [5, 5.41) is 6.01. The highest BCUT2D eigenvalue weighted by atomic mass is 32.3. The van der Waals surface area contributed by atoms with Gasteiger partial charge < -0.3 is 10.5 Å². The van der Waals surface area contributed by atoms with Gasteiger partial charge in [0.05, 0.1) is 0 Å². The lowest BCUT2D eigenvalue weighted by Crippen LogP contribution is -2.22. The molecular formula is C10H15N3O5S2. The molecule has 20 heavy (non-hydrogen) atoms. The summed E-state index contributed by atoms with van der Waals surface area (Å²) in [5.74, 6) is 0.272. The predicted molar refractivity (Wildman–Crippen MR) is 76.1 cm³/mol. The van der Waals surface area contributed by atoms with Crippen LogP contribution in [-0.4, -0.2) is 40.6 Å². The number of amidine groups is 1. The molecule has 0 heterocycles. The Bertz CT molecular complexity index is 680. The van der Waals surface area contributed by atoms with Gasteiger partial charge in [0.25, 0.3) is 0 Å². The van der Waals surface area contributed by atoms with Crippen molar-refractivity contribution in [1.82, 2.24) is 0 Å². The van der Waals surface area contributed by atoms with Gasteiger partial charge >= 0.3 is 0 Å². The fourth-order valence-electron chi connectivity index (χ4n) is 1.27. The molecule has 0 aliphatic carbocycles. The van der Waals surface area contributed by atoms with Gasteiger partial charge in [-0.1, -0.05) is 0 Å². The standard InChI is InChI=1S/C10H15N3O5S2/c1-19(14,15)7-20(16,17)13-8-2-4-9(5-3-8)18-6-10(11)12/h2-5,13H,6-7H2,1H3,(H3,11,12). The maximum absolute atomic E-state index is 11.5. The highest BCUT2D eigenvalue weighted by molar-refractivity contribution is 8.08. The lowest BCUT2D eigenvalue weighted by atomic mass is 10.3. The summed E-state index contributed by atoms with van der Waals surface area (Å²) in [7, 11) is -7.60. The van der Waals surface area contributed by atoms with Crippen LogP contribution in [0.4, 0.5) is 5.69 Å². The number of benzene rings is 1. The van der Waals surface area contributed by atoms with Crippen LogP contribution in [0.3, 0.4) is 0 Å². The van der Waals surface area contributed by atoms with Gasteiger partial charge in [0, 0.05) is 11.9 Å². The molecule has 1 rings (SSSR count). The Kier molecular flexibility index (Phi) is 4.95. The lowest BCUT2D eigenvalue weighted by molar-refractivity contribution is 0.374. The Morgan fingerprint density at radius 1 is 1.25 bits per heavy atom. The van der Waals surface area contributed by atoms with Crippen LogP contribution in [0.5, 0.6) is 5.75 Å². The van der Waals surface area contributed by atoms with E-state index in [2.05, 4.69) is 4.72 Å². The molecular weight excluding hydrogens is 306 g/mol. The summed E-state index contributed by atoms with van der Waals surface area (Å²) in [4.78, 5) is 0. The second kappa shape index (κ2) is 6.09. The molecule has 112 valence electrons. The van der Waals surface area contributed by atoms with E-state index in [0.29, 0.717) is 5.75 Å². The second-order valence-electron chi connectivity index (χ2n) is 4.10. The average molecular weight is 321 g/mol. The minimum Gasteiger partial charge on any atom is -0.486 e. The molecule has 0 aliphatic rings. The minimum absolute atomic E-state index is 0.0703. The van der Waals surface area contributed by atoms with E-state index >= 15 is 0 Å². The van der Waals surface area contributed by atoms with Crippen molar-refractivity contribution in [1.29, 1.82) is 5.41 Å². The second-order valence-corrected chi connectivity index (χ2v) is 8.33. The van der Waals surface area contributed by atoms with Crippen LogP contribution in [0, 0.1) is 5.41 Å². The van der Waals surface area contributed by atoms with Crippen LogP contribution in [-0.2, 0) is 19.9 Å². The van der Waals surface area contributed by atoms with Crippen LogP contribution >= 0.6 is 0 Å². The van der Waals surface area contributed by atoms with E-state index in [1.807, 2.05) is 0 Å². The summed E-state index contributed by atoms with van der Waals surface area (Å²) in [6.07, 6.45) is 0.838. The number of sulfonamides is 1. The van der Waals surface area contributed by atoms with E-state index in [9.17, 15) is 16.8 Å². The molecule has 0 fully saturated rings. The van der Waals surface area contributed by atoms with Gasteiger partial charge in [-0.2, -0.15) is 0 Å². The molecule has 0 aliphatic heterocycles. The smallest absolute Gasteiger partial charge is 0.247 e. The Morgan fingerprint density at radius 2 is 1.80 bits per heavy atom. The normalized spacial score (nSPS) is 11.8. The largest absolute Gasteiger partial charge is 0.486 e. The van der Waals surface area contributed by atoms with E-state index < -0.39 is 24.9 Å². The van der Waals surface area contributed by atoms with Crippen molar-refractivity contribution >= 4 is 31.4 Å². The fraction of sp³-hybridized carbons (Fsp3) is 0.300. The maximum Gasteiger partial charge on any atom is 0.247 e. The number of nitrogens with one attached hydrogen (secondary N) is 2. The summed E-state index contributed by atoms with van der Waals surface area (Å²) < 4.78 is 52.3. The van der Waals surface area contributed by atoms with E-state index in [1.165, 1.54) is 24.3 Å². The van der Waals surface area contributed by atoms with Crippen molar-refractivity contribution in [2.24, 2.45) is 5.73 Å². The summed E-state index contributed by atoms with van der Waals surface area (Å²) in [6, 6.07) is 5.77. The van der Waals surface area contributed by atoms with Gasteiger partial charge in [-0.15, -0.1) is 0 Å². The maximum atomic E-state index is 11.5. The predicted octanol–water partition coefficient (Wildman–Crippen LogP) is -0.255. The topological polar surface area (TPSA) is 139 Å². The zero-order valence-electron chi connectivity index (χ0n) is 10.7. The molecule has 4 N–H and O–H groups in total. The molecule has 0 atom stereocenters. The molecule has 0 amide bonds. The van der Waals surface area contributed by atoms with Crippen molar-refractivity contribution in [3.05, 3.63) is 24.3 Å². The first-order valence-corrected chi connectivity index (χ1v) is 9.03. The average Bonchev–Trinajstić information content (AvgIpc) is 2.24. The third kappa shape index (κ3) is 6.38. The van der Waals surface area contributed by atoms with Gasteiger partial charge in [-0.3, -0.25) is 10.1 Å². The van der Waals surface area contributed by atoms with Crippen LogP contribution < -0.4 is 15.2 Å². The minimum atomic E-state index is -3.96. The molecule has 0 spiro atoms. The molecule has 0 saturated heterocycles. The summed E-state index contributed by atoms with van der Waals surface area (Å²) >= 11 is 0. The molecule has 8 nitrogen and oxygen atoms in total. The highest BCUT2D eigenvalue weighted by Gasteiger charge is 2.17. The monoisotopic (exact) mass is 321 g/mol. The first-order valence-electron chi connectivity index (χ1n) is 5.31. The highest BCUT2D eigenvalue weighted by Crippen LogP contribution is 2.17. The fourth-order valence-corrected chi connectivity index (χ4v) is 4.26.